The first kappa shape index (κ1) is 18.0. The van der Waals surface area contributed by atoms with Gasteiger partial charge in [0.05, 0.1) is 0 Å². The lowest BCUT2D eigenvalue weighted by Gasteiger charge is -2.23. The zero-order valence-corrected chi connectivity index (χ0v) is 16.1. The molecule has 1 unspecified atom stereocenters. The van der Waals surface area contributed by atoms with Crippen LogP contribution < -0.4 is 5.32 Å². The summed E-state index contributed by atoms with van der Waals surface area (Å²) in [5.41, 5.74) is 3.06. The van der Waals surface area contributed by atoms with Crippen molar-refractivity contribution in [3.63, 3.8) is 0 Å². The van der Waals surface area contributed by atoms with Crippen LogP contribution in [0.15, 0.2) is 72.1 Å². The molecule has 27 heavy (non-hydrogen) atoms. The van der Waals surface area contributed by atoms with Crippen molar-refractivity contribution in [1.82, 2.24) is 4.90 Å². The Labute approximate surface area is 164 Å². The van der Waals surface area contributed by atoms with Crippen LogP contribution in [0.4, 0.5) is 5.69 Å². The highest BCUT2D eigenvalue weighted by atomic mass is 32.1. The quantitative estimate of drug-likeness (QED) is 0.609. The van der Waals surface area contributed by atoms with Crippen LogP contribution in [0, 0.1) is 0 Å². The molecule has 4 rings (SSSR count). The molecule has 2 aromatic carbocycles. The highest BCUT2D eigenvalue weighted by molar-refractivity contribution is 7.10. The normalized spacial score (nSPS) is 17.1. The first-order valence-corrected chi connectivity index (χ1v) is 10.4. The number of nitrogens with zero attached hydrogens (tertiary/aromatic N) is 1. The van der Waals surface area contributed by atoms with Gasteiger partial charge in [0.25, 0.3) is 0 Å². The SMILES string of the molecule is O=C(CCN1CCCC1c1cccs1)Nc1ccccc1-c1ccccc1. The molecule has 0 radical (unpaired) electrons. The third-order valence-corrected chi connectivity index (χ3v) is 6.12. The molecule has 1 amide bonds. The van der Waals surface area contributed by atoms with Gasteiger partial charge in [-0.05, 0) is 42.5 Å². The maximum Gasteiger partial charge on any atom is 0.225 e. The maximum absolute atomic E-state index is 12.6. The number of thiophene rings is 1. The molecular weight excluding hydrogens is 352 g/mol. The molecule has 1 aromatic heterocycles. The zero-order valence-electron chi connectivity index (χ0n) is 15.3. The van der Waals surface area contributed by atoms with Gasteiger partial charge in [-0.15, -0.1) is 11.3 Å². The Balaban J connectivity index is 1.39. The standard InChI is InChI=1S/C23H24N2OS/c26-23(14-16-25-15-6-12-21(25)22-13-7-17-27-22)24-20-11-5-4-10-19(20)18-8-2-1-3-9-18/h1-5,7-11,13,17,21H,6,12,14-16H2,(H,24,26). The van der Waals surface area contributed by atoms with E-state index in [1.54, 1.807) is 0 Å². The molecule has 4 heteroatoms. The lowest BCUT2D eigenvalue weighted by Crippen LogP contribution is -2.27. The van der Waals surface area contributed by atoms with Gasteiger partial charge in [0.15, 0.2) is 0 Å². The van der Waals surface area contributed by atoms with Crippen molar-refractivity contribution >= 4 is 22.9 Å². The molecule has 3 nitrogen and oxygen atoms in total. The van der Waals surface area contributed by atoms with Crippen molar-refractivity contribution in [1.29, 1.82) is 0 Å². The summed E-state index contributed by atoms with van der Waals surface area (Å²) < 4.78 is 0. The second-order valence-corrected chi connectivity index (χ2v) is 7.90. The molecule has 2 heterocycles. The van der Waals surface area contributed by atoms with Gasteiger partial charge in [-0.25, -0.2) is 0 Å². The highest BCUT2D eigenvalue weighted by Crippen LogP contribution is 2.34. The highest BCUT2D eigenvalue weighted by Gasteiger charge is 2.26. The summed E-state index contributed by atoms with van der Waals surface area (Å²) in [4.78, 5) is 16.5. The molecule has 1 aliphatic rings. The Hall–Kier alpha value is -2.43. The Kier molecular flexibility index (Phi) is 5.66. The van der Waals surface area contributed by atoms with Gasteiger partial charge in [-0.2, -0.15) is 0 Å². The Morgan fingerprint density at radius 3 is 2.67 bits per heavy atom. The van der Waals surface area contributed by atoms with Crippen molar-refractivity contribution in [3.05, 3.63) is 77.0 Å². The summed E-state index contributed by atoms with van der Waals surface area (Å²) in [6.45, 7) is 1.89. The summed E-state index contributed by atoms with van der Waals surface area (Å²) in [7, 11) is 0. The molecule has 1 atom stereocenters. The number of benzene rings is 2. The number of nitrogens with one attached hydrogen (secondary N) is 1. The van der Waals surface area contributed by atoms with Crippen LogP contribution in [0.5, 0.6) is 0 Å². The molecule has 1 fully saturated rings. The van der Waals surface area contributed by atoms with E-state index in [1.807, 2.05) is 47.7 Å². The van der Waals surface area contributed by atoms with E-state index in [4.69, 9.17) is 0 Å². The van der Waals surface area contributed by atoms with E-state index in [0.29, 0.717) is 12.5 Å². The number of carbonyl (C=O) groups excluding carboxylic acids is 1. The number of hydrogen-bond donors (Lipinski definition) is 1. The molecular formula is C23H24N2OS. The van der Waals surface area contributed by atoms with Gasteiger partial charge in [-0.1, -0.05) is 54.6 Å². The Morgan fingerprint density at radius 1 is 1.04 bits per heavy atom. The number of amides is 1. The summed E-state index contributed by atoms with van der Waals surface area (Å²) in [6, 6.07) is 23.0. The fraction of sp³-hybridized carbons (Fsp3) is 0.261. The van der Waals surface area contributed by atoms with Crippen LogP contribution in [0.2, 0.25) is 0 Å². The Bertz CT molecular complexity index is 876. The van der Waals surface area contributed by atoms with Crippen LogP contribution in [0.25, 0.3) is 11.1 Å². The fourth-order valence-electron chi connectivity index (χ4n) is 3.82. The van der Waals surface area contributed by atoms with E-state index in [1.165, 1.54) is 17.7 Å². The molecule has 0 bridgehead atoms. The van der Waals surface area contributed by atoms with Gasteiger partial charge in [0.2, 0.25) is 5.91 Å². The van der Waals surface area contributed by atoms with Gasteiger partial charge in [0.1, 0.15) is 0 Å². The Morgan fingerprint density at radius 2 is 1.85 bits per heavy atom. The molecule has 1 N–H and O–H groups in total. The second-order valence-electron chi connectivity index (χ2n) is 6.92. The number of likely N-dealkylation sites (tertiary alicyclic amines) is 1. The molecule has 1 aliphatic heterocycles. The molecule has 0 spiro atoms. The number of rotatable bonds is 6. The fourth-order valence-corrected chi connectivity index (χ4v) is 4.71. The van der Waals surface area contributed by atoms with Crippen molar-refractivity contribution in [2.24, 2.45) is 0 Å². The average Bonchev–Trinajstić information content (AvgIpc) is 3.39. The summed E-state index contributed by atoms with van der Waals surface area (Å²) in [6.07, 6.45) is 2.92. The van der Waals surface area contributed by atoms with E-state index in [-0.39, 0.29) is 5.91 Å². The first-order valence-electron chi connectivity index (χ1n) is 9.53. The van der Waals surface area contributed by atoms with E-state index < -0.39 is 0 Å². The predicted octanol–water partition coefficient (Wildman–Crippen LogP) is 5.58. The van der Waals surface area contributed by atoms with Crippen molar-refractivity contribution in [2.75, 3.05) is 18.4 Å². The maximum atomic E-state index is 12.6. The molecule has 1 saturated heterocycles. The average molecular weight is 377 g/mol. The van der Waals surface area contributed by atoms with Crippen LogP contribution in [-0.2, 0) is 4.79 Å². The largest absolute Gasteiger partial charge is 0.325 e. The molecule has 0 aliphatic carbocycles. The van der Waals surface area contributed by atoms with Crippen LogP contribution in [-0.4, -0.2) is 23.9 Å². The number of para-hydroxylation sites is 1. The van der Waals surface area contributed by atoms with Crippen molar-refractivity contribution < 1.29 is 4.79 Å². The topological polar surface area (TPSA) is 32.3 Å². The predicted molar refractivity (Wildman–Crippen MR) is 113 cm³/mol. The molecule has 3 aromatic rings. The van der Waals surface area contributed by atoms with Crippen molar-refractivity contribution in [2.45, 2.75) is 25.3 Å². The number of carbonyl (C=O) groups is 1. The third kappa shape index (κ3) is 4.29. The molecule has 0 saturated carbocycles. The number of anilines is 1. The van der Waals surface area contributed by atoms with Gasteiger partial charge >= 0.3 is 0 Å². The zero-order chi connectivity index (χ0) is 18.5. The van der Waals surface area contributed by atoms with Crippen LogP contribution >= 0.6 is 11.3 Å². The second kappa shape index (κ2) is 8.51. The van der Waals surface area contributed by atoms with Gasteiger partial charge < -0.3 is 5.32 Å². The molecule has 138 valence electrons. The van der Waals surface area contributed by atoms with Crippen LogP contribution in [0.1, 0.15) is 30.2 Å². The lowest BCUT2D eigenvalue weighted by molar-refractivity contribution is -0.116. The van der Waals surface area contributed by atoms with E-state index in [0.717, 1.165) is 29.9 Å². The lowest BCUT2D eigenvalue weighted by atomic mass is 10.0. The van der Waals surface area contributed by atoms with Gasteiger partial charge in [-0.3, -0.25) is 9.69 Å². The van der Waals surface area contributed by atoms with Crippen molar-refractivity contribution in [3.8, 4) is 11.1 Å². The third-order valence-electron chi connectivity index (χ3n) is 5.15. The smallest absolute Gasteiger partial charge is 0.225 e. The minimum atomic E-state index is 0.0789. The van der Waals surface area contributed by atoms with E-state index in [2.05, 4.69) is 45.9 Å². The monoisotopic (exact) mass is 376 g/mol. The summed E-state index contributed by atoms with van der Waals surface area (Å²) in [5.74, 6) is 0.0789. The van der Waals surface area contributed by atoms with Crippen LogP contribution in [0.3, 0.4) is 0 Å². The van der Waals surface area contributed by atoms with E-state index >= 15 is 0 Å². The minimum absolute atomic E-state index is 0.0789. The van der Waals surface area contributed by atoms with Gasteiger partial charge in [0, 0.05) is 35.1 Å². The summed E-state index contributed by atoms with van der Waals surface area (Å²) >= 11 is 1.82. The minimum Gasteiger partial charge on any atom is -0.325 e. The first-order chi connectivity index (χ1) is 13.3. The van der Waals surface area contributed by atoms with E-state index in [9.17, 15) is 4.79 Å². The number of hydrogen-bond acceptors (Lipinski definition) is 3. The summed E-state index contributed by atoms with van der Waals surface area (Å²) in [5, 5.41) is 5.26.